The lowest BCUT2D eigenvalue weighted by Gasteiger charge is -1.91. The maximum atomic E-state index is 9.22. The fourth-order valence-corrected chi connectivity index (χ4v) is 1.44. The molecule has 1 aliphatic heterocycles. The topological polar surface area (TPSA) is 29.0 Å². The summed E-state index contributed by atoms with van der Waals surface area (Å²) in [5.74, 6) is 0. The zero-order valence-electron chi connectivity index (χ0n) is 5.99. The second-order valence-electron chi connectivity index (χ2n) is 2.82. The molecule has 0 spiro atoms. The largest absolute Gasteiger partial charge is 0.384 e. The summed E-state index contributed by atoms with van der Waals surface area (Å²) in [5, 5.41) is 9.22. The van der Waals surface area contributed by atoms with Gasteiger partial charge in [-0.25, -0.2) is 0 Å². The molecule has 3 heteroatoms. The molecule has 0 saturated carbocycles. The van der Waals surface area contributed by atoms with Crippen molar-refractivity contribution in [2.45, 2.75) is 26.1 Å². The Labute approximate surface area is 59.5 Å². The second-order valence-corrected chi connectivity index (χ2v) is 2.82. The Morgan fingerprint density at radius 2 is 2.60 bits per heavy atom. The zero-order valence-corrected chi connectivity index (χ0v) is 5.99. The standard InChI is InChI=1S/C7H11N2O/c1-6-2-3-8-4-7(10)5-9(6)8/h2-3,7,10H,4-5H2,1H3/q+1/t7-/m1/s1. The molecule has 1 atom stereocenters. The van der Waals surface area contributed by atoms with Gasteiger partial charge in [0.05, 0.1) is 5.69 Å². The summed E-state index contributed by atoms with van der Waals surface area (Å²) in [6.07, 6.45) is 1.82. The van der Waals surface area contributed by atoms with Gasteiger partial charge in [-0.15, -0.1) is 4.68 Å². The van der Waals surface area contributed by atoms with E-state index in [4.69, 9.17) is 0 Å². The first-order chi connectivity index (χ1) is 4.77. The van der Waals surface area contributed by atoms with Crippen molar-refractivity contribution in [1.29, 1.82) is 0 Å². The molecule has 0 amide bonds. The van der Waals surface area contributed by atoms with Gasteiger partial charge in [-0.2, -0.15) is 4.68 Å². The normalized spacial score (nSPS) is 23.2. The van der Waals surface area contributed by atoms with Crippen LogP contribution < -0.4 is 4.68 Å². The molecular formula is C7H11N2O+. The number of hydrogen-bond acceptors (Lipinski definition) is 1. The summed E-state index contributed by atoms with van der Waals surface area (Å²) in [4.78, 5) is 0. The monoisotopic (exact) mass is 139 g/mol. The van der Waals surface area contributed by atoms with Gasteiger partial charge in [0.2, 0.25) is 0 Å². The molecule has 2 heterocycles. The molecule has 0 aromatic carbocycles. The van der Waals surface area contributed by atoms with Crippen LogP contribution in [-0.2, 0) is 13.1 Å². The number of aliphatic hydroxyl groups excluding tert-OH is 1. The molecule has 0 saturated heterocycles. The number of aliphatic hydroxyl groups is 1. The number of aryl methyl sites for hydroxylation is 1. The minimum Gasteiger partial charge on any atom is -0.384 e. The van der Waals surface area contributed by atoms with Crippen LogP contribution in [0.15, 0.2) is 12.3 Å². The van der Waals surface area contributed by atoms with Crippen molar-refractivity contribution >= 4 is 0 Å². The summed E-state index contributed by atoms with van der Waals surface area (Å²) < 4.78 is 4.13. The van der Waals surface area contributed by atoms with E-state index in [9.17, 15) is 5.11 Å². The molecule has 3 nitrogen and oxygen atoms in total. The van der Waals surface area contributed by atoms with Crippen LogP contribution in [0, 0.1) is 6.92 Å². The molecule has 0 aliphatic carbocycles. The van der Waals surface area contributed by atoms with Crippen LogP contribution in [0.5, 0.6) is 0 Å². The summed E-state index contributed by atoms with van der Waals surface area (Å²) in [7, 11) is 0. The van der Waals surface area contributed by atoms with Crippen LogP contribution in [0.2, 0.25) is 0 Å². The van der Waals surface area contributed by atoms with Crippen molar-refractivity contribution in [3.05, 3.63) is 18.0 Å². The van der Waals surface area contributed by atoms with Crippen LogP contribution in [-0.4, -0.2) is 15.9 Å². The first kappa shape index (κ1) is 5.92. The van der Waals surface area contributed by atoms with Gasteiger partial charge in [-0.3, -0.25) is 0 Å². The highest BCUT2D eigenvalue weighted by Gasteiger charge is 2.26. The minimum absolute atomic E-state index is 0.181. The molecule has 1 N–H and O–H groups in total. The Morgan fingerprint density at radius 3 is 3.30 bits per heavy atom. The summed E-state index contributed by atoms with van der Waals surface area (Å²) in [6.45, 7) is 3.54. The molecule has 0 radical (unpaired) electrons. The summed E-state index contributed by atoms with van der Waals surface area (Å²) in [6, 6.07) is 2.06. The van der Waals surface area contributed by atoms with E-state index < -0.39 is 0 Å². The van der Waals surface area contributed by atoms with Crippen LogP contribution in [0.4, 0.5) is 0 Å². The average molecular weight is 139 g/mol. The van der Waals surface area contributed by atoms with Crippen LogP contribution >= 0.6 is 0 Å². The highest BCUT2D eigenvalue weighted by molar-refractivity contribution is 4.93. The molecule has 10 heavy (non-hydrogen) atoms. The Hall–Kier alpha value is -0.830. The van der Waals surface area contributed by atoms with E-state index in [0.29, 0.717) is 0 Å². The van der Waals surface area contributed by atoms with E-state index >= 15 is 0 Å². The van der Waals surface area contributed by atoms with Crippen molar-refractivity contribution in [3.63, 3.8) is 0 Å². The van der Waals surface area contributed by atoms with Gasteiger partial charge in [-0.05, 0) is 6.92 Å². The number of hydrogen-bond donors (Lipinski definition) is 1. The SMILES string of the molecule is Cc1cc[n+]2n1C[C@H](O)C2. The molecule has 1 aliphatic rings. The van der Waals surface area contributed by atoms with Crippen molar-refractivity contribution in [3.8, 4) is 0 Å². The third kappa shape index (κ3) is 0.671. The van der Waals surface area contributed by atoms with Gasteiger partial charge in [0.25, 0.3) is 0 Å². The zero-order chi connectivity index (χ0) is 7.14. The molecule has 54 valence electrons. The number of nitrogens with zero attached hydrogens (tertiary/aromatic N) is 2. The van der Waals surface area contributed by atoms with Crippen LogP contribution in [0.25, 0.3) is 0 Å². The van der Waals surface area contributed by atoms with Crippen molar-refractivity contribution in [2.75, 3.05) is 0 Å². The van der Waals surface area contributed by atoms with Gasteiger partial charge >= 0.3 is 0 Å². The van der Waals surface area contributed by atoms with Gasteiger partial charge in [0, 0.05) is 6.07 Å². The van der Waals surface area contributed by atoms with Gasteiger partial charge in [-0.1, -0.05) is 0 Å². The third-order valence-corrected chi connectivity index (χ3v) is 1.99. The van der Waals surface area contributed by atoms with Crippen molar-refractivity contribution < 1.29 is 9.79 Å². The lowest BCUT2D eigenvalue weighted by Crippen LogP contribution is -2.37. The molecular weight excluding hydrogens is 128 g/mol. The number of rotatable bonds is 0. The molecule has 0 bridgehead atoms. The summed E-state index contributed by atoms with van der Waals surface area (Å²) in [5.41, 5.74) is 1.22. The molecule has 0 unspecified atom stereocenters. The van der Waals surface area contributed by atoms with E-state index in [0.717, 1.165) is 13.1 Å². The number of fused-ring (bicyclic) bond motifs is 1. The highest BCUT2D eigenvalue weighted by atomic mass is 16.3. The molecule has 2 rings (SSSR count). The lowest BCUT2D eigenvalue weighted by atomic mass is 10.3. The van der Waals surface area contributed by atoms with Gasteiger partial charge in [0.1, 0.15) is 12.6 Å². The molecule has 1 aromatic heterocycles. The Morgan fingerprint density at radius 1 is 1.80 bits per heavy atom. The van der Waals surface area contributed by atoms with E-state index in [1.807, 2.05) is 10.9 Å². The first-order valence-corrected chi connectivity index (χ1v) is 3.51. The van der Waals surface area contributed by atoms with Gasteiger partial charge < -0.3 is 5.11 Å². The molecule has 1 aromatic rings. The third-order valence-electron chi connectivity index (χ3n) is 1.99. The fourth-order valence-electron chi connectivity index (χ4n) is 1.44. The highest BCUT2D eigenvalue weighted by Crippen LogP contribution is 2.03. The van der Waals surface area contributed by atoms with Crippen LogP contribution in [0.3, 0.4) is 0 Å². The Bertz CT molecular complexity index is 254. The number of aromatic nitrogens is 2. The van der Waals surface area contributed by atoms with Gasteiger partial charge in [0.15, 0.2) is 12.7 Å². The van der Waals surface area contributed by atoms with E-state index in [1.165, 1.54) is 5.69 Å². The first-order valence-electron chi connectivity index (χ1n) is 3.51. The van der Waals surface area contributed by atoms with E-state index in [1.54, 1.807) is 0 Å². The molecule has 0 fully saturated rings. The quantitative estimate of drug-likeness (QED) is 0.480. The Kier molecular flexibility index (Phi) is 1.08. The van der Waals surface area contributed by atoms with Crippen LogP contribution in [0.1, 0.15) is 5.69 Å². The minimum atomic E-state index is -0.181. The summed E-state index contributed by atoms with van der Waals surface area (Å²) >= 11 is 0. The smallest absolute Gasteiger partial charge is 0.199 e. The fraction of sp³-hybridized carbons (Fsp3) is 0.571. The van der Waals surface area contributed by atoms with E-state index in [-0.39, 0.29) is 6.10 Å². The van der Waals surface area contributed by atoms with Crippen molar-refractivity contribution in [1.82, 2.24) is 4.68 Å². The Balaban J connectivity index is 2.44. The average Bonchev–Trinajstić information content (AvgIpc) is 2.35. The maximum absolute atomic E-state index is 9.22. The lowest BCUT2D eigenvalue weighted by molar-refractivity contribution is -0.760. The van der Waals surface area contributed by atoms with Crippen molar-refractivity contribution in [2.24, 2.45) is 0 Å². The second kappa shape index (κ2) is 1.83. The maximum Gasteiger partial charge on any atom is 0.199 e. The van der Waals surface area contributed by atoms with E-state index in [2.05, 4.69) is 17.7 Å². The predicted octanol–water partition coefficient (Wildman–Crippen LogP) is -0.541. The predicted molar refractivity (Wildman–Crippen MR) is 35.4 cm³/mol.